The van der Waals surface area contributed by atoms with Gasteiger partial charge in [0.1, 0.15) is 11.3 Å². The van der Waals surface area contributed by atoms with E-state index in [9.17, 15) is 4.79 Å². The molecule has 0 amide bonds. The van der Waals surface area contributed by atoms with Crippen molar-refractivity contribution in [1.29, 1.82) is 0 Å². The van der Waals surface area contributed by atoms with Crippen molar-refractivity contribution in [2.75, 3.05) is 20.3 Å². The second-order valence-electron chi connectivity index (χ2n) is 5.19. The van der Waals surface area contributed by atoms with E-state index in [0.717, 1.165) is 12.8 Å². The summed E-state index contributed by atoms with van der Waals surface area (Å²) >= 11 is 0. The lowest BCUT2D eigenvalue weighted by molar-refractivity contribution is 0.0592. The highest BCUT2D eigenvalue weighted by Crippen LogP contribution is 2.37. The zero-order chi connectivity index (χ0) is 13.7. The number of hydrogen-bond acceptors (Lipinski definition) is 4. The minimum atomic E-state index is -0.371. The summed E-state index contributed by atoms with van der Waals surface area (Å²) in [7, 11) is 1.37. The average Bonchev–Trinajstić information content (AvgIpc) is 2.94. The second kappa shape index (κ2) is 6.06. The SMILES string of the molecule is COC(=O)c1ccccc1OCC1(CN)CCCC1. The Morgan fingerprint density at radius 3 is 2.63 bits per heavy atom. The summed E-state index contributed by atoms with van der Waals surface area (Å²) in [6.07, 6.45) is 4.62. The number of carbonyl (C=O) groups excluding carboxylic acids is 1. The van der Waals surface area contributed by atoms with E-state index in [2.05, 4.69) is 0 Å². The fourth-order valence-corrected chi connectivity index (χ4v) is 2.63. The van der Waals surface area contributed by atoms with Crippen LogP contribution in [-0.2, 0) is 4.74 Å². The minimum Gasteiger partial charge on any atom is -0.492 e. The van der Waals surface area contributed by atoms with Crippen LogP contribution in [0.5, 0.6) is 5.75 Å². The molecule has 1 fully saturated rings. The van der Waals surface area contributed by atoms with Gasteiger partial charge >= 0.3 is 5.97 Å². The van der Waals surface area contributed by atoms with Crippen molar-refractivity contribution in [2.24, 2.45) is 11.1 Å². The van der Waals surface area contributed by atoms with Gasteiger partial charge in [-0.3, -0.25) is 0 Å². The number of rotatable bonds is 5. The van der Waals surface area contributed by atoms with Gasteiger partial charge in [0.15, 0.2) is 0 Å². The van der Waals surface area contributed by atoms with Gasteiger partial charge in [0.2, 0.25) is 0 Å². The highest BCUT2D eigenvalue weighted by atomic mass is 16.5. The molecule has 4 heteroatoms. The maximum Gasteiger partial charge on any atom is 0.341 e. The Balaban J connectivity index is 2.09. The fourth-order valence-electron chi connectivity index (χ4n) is 2.63. The van der Waals surface area contributed by atoms with Crippen LogP contribution in [0.4, 0.5) is 0 Å². The zero-order valence-corrected chi connectivity index (χ0v) is 11.4. The van der Waals surface area contributed by atoms with Crippen molar-refractivity contribution < 1.29 is 14.3 Å². The van der Waals surface area contributed by atoms with Crippen molar-refractivity contribution in [1.82, 2.24) is 0 Å². The Morgan fingerprint density at radius 1 is 1.32 bits per heavy atom. The molecule has 4 nitrogen and oxygen atoms in total. The minimum absolute atomic E-state index is 0.0726. The summed E-state index contributed by atoms with van der Waals surface area (Å²) < 4.78 is 10.6. The average molecular weight is 263 g/mol. The summed E-state index contributed by atoms with van der Waals surface area (Å²) in [6, 6.07) is 7.16. The quantitative estimate of drug-likeness (QED) is 0.828. The van der Waals surface area contributed by atoms with E-state index in [1.54, 1.807) is 18.2 Å². The first-order valence-corrected chi connectivity index (χ1v) is 6.71. The Hall–Kier alpha value is -1.55. The molecule has 0 saturated heterocycles. The molecule has 1 aromatic rings. The topological polar surface area (TPSA) is 61.5 Å². The van der Waals surface area contributed by atoms with E-state index >= 15 is 0 Å². The first-order valence-electron chi connectivity index (χ1n) is 6.71. The normalized spacial score (nSPS) is 17.2. The third-order valence-corrected chi connectivity index (χ3v) is 3.92. The van der Waals surface area contributed by atoms with Crippen molar-refractivity contribution in [2.45, 2.75) is 25.7 Å². The second-order valence-corrected chi connectivity index (χ2v) is 5.19. The molecule has 0 unspecified atom stereocenters. The molecular weight excluding hydrogens is 242 g/mol. The first-order chi connectivity index (χ1) is 9.21. The van der Waals surface area contributed by atoms with Gasteiger partial charge in [-0.05, 0) is 25.0 Å². The Bertz CT molecular complexity index is 439. The van der Waals surface area contributed by atoms with Gasteiger partial charge in [-0.15, -0.1) is 0 Å². The Morgan fingerprint density at radius 2 is 2.00 bits per heavy atom. The molecule has 2 N–H and O–H groups in total. The van der Waals surface area contributed by atoms with Crippen molar-refractivity contribution >= 4 is 5.97 Å². The lowest BCUT2D eigenvalue weighted by atomic mass is 9.87. The van der Waals surface area contributed by atoms with Crippen LogP contribution in [0, 0.1) is 5.41 Å². The van der Waals surface area contributed by atoms with Crippen molar-refractivity contribution in [3.05, 3.63) is 29.8 Å². The molecule has 19 heavy (non-hydrogen) atoms. The van der Waals surface area contributed by atoms with Crippen molar-refractivity contribution in [3.8, 4) is 5.75 Å². The van der Waals surface area contributed by atoms with Gasteiger partial charge < -0.3 is 15.2 Å². The number of hydrogen-bond donors (Lipinski definition) is 1. The maximum absolute atomic E-state index is 11.7. The van der Waals surface area contributed by atoms with E-state index in [-0.39, 0.29) is 11.4 Å². The lowest BCUT2D eigenvalue weighted by Crippen LogP contribution is -2.34. The molecule has 2 rings (SSSR count). The van der Waals surface area contributed by atoms with Gasteiger partial charge in [-0.25, -0.2) is 4.79 Å². The molecular formula is C15H21NO3. The van der Waals surface area contributed by atoms with E-state index in [1.807, 2.05) is 6.07 Å². The number of carbonyl (C=O) groups is 1. The van der Waals surface area contributed by atoms with Crippen LogP contribution in [0.15, 0.2) is 24.3 Å². The smallest absolute Gasteiger partial charge is 0.341 e. The number of methoxy groups -OCH3 is 1. The molecule has 0 bridgehead atoms. The highest BCUT2D eigenvalue weighted by molar-refractivity contribution is 5.92. The third-order valence-electron chi connectivity index (χ3n) is 3.92. The molecule has 0 spiro atoms. The molecule has 1 aliphatic carbocycles. The van der Waals surface area contributed by atoms with Crippen LogP contribution in [0.3, 0.4) is 0 Å². The first kappa shape index (κ1) is 13.9. The van der Waals surface area contributed by atoms with E-state index in [1.165, 1.54) is 20.0 Å². The standard InChI is InChI=1S/C15H21NO3/c1-18-14(17)12-6-2-3-7-13(12)19-11-15(10-16)8-4-5-9-15/h2-3,6-7H,4-5,8-11,16H2,1H3. The number of benzene rings is 1. The van der Waals surface area contributed by atoms with Crippen LogP contribution >= 0.6 is 0 Å². The predicted octanol–water partition coefficient (Wildman–Crippen LogP) is 2.37. The van der Waals surface area contributed by atoms with Gasteiger partial charge in [0.25, 0.3) is 0 Å². The Kier molecular flexibility index (Phi) is 4.43. The molecule has 1 saturated carbocycles. The van der Waals surface area contributed by atoms with E-state index < -0.39 is 0 Å². The van der Waals surface area contributed by atoms with E-state index in [0.29, 0.717) is 24.5 Å². The molecule has 1 aliphatic rings. The maximum atomic E-state index is 11.7. The predicted molar refractivity (Wildman–Crippen MR) is 73.2 cm³/mol. The Labute approximate surface area is 113 Å². The van der Waals surface area contributed by atoms with Crippen molar-refractivity contribution in [3.63, 3.8) is 0 Å². The van der Waals surface area contributed by atoms with Crippen LogP contribution in [0.25, 0.3) is 0 Å². The molecule has 0 heterocycles. The van der Waals surface area contributed by atoms with Crippen LogP contribution in [0.1, 0.15) is 36.0 Å². The number of nitrogens with two attached hydrogens (primary N) is 1. The van der Waals surface area contributed by atoms with Crippen LogP contribution in [0.2, 0.25) is 0 Å². The summed E-state index contributed by atoms with van der Waals surface area (Å²) in [5, 5.41) is 0. The monoisotopic (exact) mass is 263 g/mol. The molecule has 104 valence electrons. The molecule has 0 aliphatic heterocycles. The largest absolute Gasteiger partial charge is 0.492 e. The highest BCUT2D eigenvalue weighted by Gasteiger charge is 2.33. The van der Waals surface area contributed by atoms with E-state index in [4.69, 9.17) is 15.2 Å². The van der Waals surface area contributed by atoms with Crippen LogP contribution in [-0.4, -0.2) is 26.2 Å². The molecule has 0 radical (unpaired) electrons. The number of esters is 1. The van der Waals surface area contributed by atoms with Gasteiger partial charge in [-0.1, -0.05) is 25.0 Å². The third kappa shape index (κ3) is 3.07. The molecule has 0 atom stereocenters. The molecule has 1 aromatic carbocycles. The molecule has 0 aromatic heterocycles. The summed E-state index contributed by atoms with van der Waals surface area (Å²) in [4.78, 5) is 11.7. The summed E-state index contributed by atoms with van der Waals surface area (Å²) in [6.45, 7) is 1.20. The summed E-state index contributed by atoms with van der Waals surface area (Å²) in [5.74, 6) is 0.206. The number of para-hydroxylation sites is 1. The van der Waals surface area contributed by atoms with Crippen LogP contribution < -0.4 is 10.5 Å². The van der Waals surface area contributed by atoms with Gasteiger partial charge in [-0.2, -0.15) is 0 Å². The number of ether oxygens (including phenoxy) is 2. The fraction of sp³-hybridized carbons (Fsp3) is 0.533. The summed E-state index contributed by atoms with van der Waals surface area (Å²) in [5.41, 5.74) is 6.43. The zero-order valence-electron chi connectivity index (χ0n) is 11.4. The lowest BCUT2D eigenvalue weighted by Gasteiger charge is -2.27. The van der Waals surface area contributed by atoms with Gasteiger partial charge in [0.05, 0.1) is 13.7 Å². The van der Waals surface area contributed by atoms with Gasteiger partial charge in [0, 0.05) is 12.0 Å².